The van der Waals surface area contributed by atoms with Gasteiger partial charge in [-0.05, 0) is 25.1 Å². The molecule has 0 spiro atoms. The molecule has 2 aromatic heterocycles. The predicted octanol–water partition coefficient (Wildman–Crippen LogP) is 3.65. The Labute approximate surface area is 172 Å². The van der Waals surface area contributed by atoms with Crippen LogP contribution in [0.1, 0.15) is 11.3 Å². The molecule has 0 amide bonds. The summed E-state index contributed by atoms with van der Waals surface area (Å²) in [4.78, 5) is 12.1. The average molecular weight is 433 g/mol. The average Bonchev–Trinajstić information content (AvgIpc) is 3.22. The molecule has 0 unspecified atom stereocenters. The van der Waals surface area contributed by atoms with Crippen molar-refractivity contribution in [1.82, 2.24) is 8.54 Å². The quantitative estimate of drug-likeness (QED) is 0.679. The van der Waals surface area contributed by atoms with E-state index in [1.54, 1.807) is 18.2 Å². The number of rotatable bonds is 4. The summed E-state index contributed by atoms with van der Waals surface area (Å²) in [6, 6.07) is 9.49. The molecule has 0 saturated carbocycles. The van der Waals surface area contributed by atoms with Crippen LogP contribution in [0.15, 0.2) is 53.6 Å². The number of allylic oxidation sites excluding steroid dienone is 1. The minimum atomic E-state index is -3.95. The van der Waals surface area contributed by atoms with Gasteiger partial charge in [0.1, 0.15) is 17.2 Å². The highest BCUT2D eigenvalue weighted by atomic mass is 35.5. The molecule has 3 heterocycles. The molecule has 0 aliphatic carbocycles. The third kappa shape index (κ3) is 3.04. The van der Waals surface area contributed by atoms with Crippen LogP contribution in [0.3, 0.4) is 0 Å². The van der Waals surface area contributed by atoms with Gasteiger partial charge >= 0.3 is 0 Å². The van der Waals surface area contributed by atoms with Gasteiger partial charge in [-0.3, -0.25) is 4.79 Å². The number of benzene rings is 1. The number of hydrogen-bond donors (Lipinski definition) is 1. The van der Waals surface area contributed by atoms with E-state index in [-0.39, 0.29) is 33.7 Å². The number of fused-ring (bicyclic) bond motifs is 1. The van der Waals surface area contributed by atoms with Crippen LogP contribution in [0.4, 0.5) is 0 Å². The van der Waals surface area contributed by atoms with Crippen molar-refractivity contribution >= 4 is 33.2 Å². The molecule has 150 valence electrons. The van der Waals surface area contributed by atoms with Crippen molar-refractivity contribution in [3.63, 3.8) is 0 Å². The molecule has 1 aliphatic rings. The number of ether oxygens (including phenoxy) is 1. The van der Waals surface area contributed by atoms with E-state index in [1.807, 2.05) is 6.92 Å². The Hall–Kier alpha value is -2.97. The molecule has 0 fully saturated rings. The van der Waals surface area contributed by atoms with E-state index in [1.165, 1.54) is 36.1 Å². The lowest BCUT2D eigenvalue weighted by molar-refractivity contribution is -0.115. The van der Waals surface area contributed by atoms with Crippen molar-refractivity contribution in [2.45, 2.75) is 18.4 Å². The molecule has 1 N–H and O–H groups in total. The Morgan fingerprint density at radius 3 is 2.48 bits per heavy atom. The fraction of sp³-hybridized carbons (Fsp3) is 0.150. The Kier molecular flexibility index (Phi) is 4.55. The Morgan fingerprint density at radius 1 is 1.14 bits per heavy atom. The summed E-state index contributed by atoms with van der Waals surface area (Å²) in [7, 11) is -2.52. The number of methoxy groups -OCH3 is 1. The number of hydrogen-bond acceptors (Lipinski definition) is 5. The van der Waals surface area contributed by atoms with Crippen LogP contribution in [0.5, 0.6) is 5.75 Å². The van der Waals surface area contributed by atoms with Gasteiger partial charge in [-0.1, -0.05) is 29.3 Å². The third-order valence-corrected chi connectivity index (χ3v) is 6.75. The molecule has 0 atom stereocenters. The van der Waals surface area contributed by atoms with Crippen molar-refractivity contribution in [2.24, 2.45) is 0 Å². The number of carbonyl (C=O) groups is 1. The Balaban J connectivity index is 1.96. The van der Waals surface area contributed by atoms with Gasteiger partial charge in [0.15, 0.2) is 5.78 Å². The predicted molar refractivity (Wildman–Crippen MR) is 109 cm³/mol. The van der Waals surface area contributed by atoms with Crippen LogP contribution in [0.2, 0.25) is 5.02 Å². The number of nitrogens with zero attached hydrogens (tertiary/aromatic N) is 2. The van der Waals surface area contributed by atoms with Crippen LogP contribution in [0, 0.1) is 6.92 Å². The lowest BCUT2D eigenvalue weighted by atomic mass is 10.2. The Bertz CT molecular complexity index is 1270. The number of halogens is 1. The van der Waals surface area contributed by atoms with E-state index in [0.717, 1.165) is 15.6 Å². The zero-order chi connectivity index (χ0) is 20.9. The summed E-state index contributed by atoms with van der Waals surface area (Å²) < 4.78 is 34.4. The summed E-state index contributed by atoms with van der Waals surface area (Å²) in [5.74, 6) is -0.275. The normalized spacial score (nSPS) is 13.9. The molecule has 9 heteroatoms. The van der Waals surface area contributed by atoms with Crippen molar-refractivity contribution in [2.75, 3.05) is 7.11 Å². The Morgan fingerprint density at radius 2 is 1.83 bits per heavy atom. The minimum Gasteiger partial charge on any atom is -0.505 e. The molecule has 4 rings (SSSR count). The highest BCUT2D eigenvalue weighted by Crippen LogP contribution is 2.40. The van der Waals surface area contributed by atoms with Gasteiger partial charge in [-0.2, -0.15) is 0 Å². The van der Waals surface area contributed by atoms with Gasteiger partial charge in [0.05, 0.1) is 35.0 Å². The van der Waals surface area contributed by atoms with Gasteiger partial charge in [0.25, 0.3) is 10.0 Å². The second-order valence-electron chi connectivity index (χ2n) is 6.65. The zero-order valence-corrected chi connectivity index (χ0v) is 17.2. The summed E-state index contributed by atoms with van der Waals surface area (Å²) in [5, 5.41) is 10.4. The van der Waals surface area contributed by atoms with Crippen LogP contribution in [0.25, 0.3) is 17.1 Å². The molecule has 1 aromatic carbocycles. The van der Waals surface area contributed by atoms with Crippen LogP contribution in [-0.2, 0) is 21.4 Å². The maximum atomic E-state index is 13.3. The molecule has 29 heavy (non-hydrogen) atoms. The SMILES string of the molecule is COc1cc(-c2c(Cl)ccn2S(=O)(=O)c2ccc(C)cc2)n2c1C(O)=CC(=O)C2. The van der Waals surface area contributed by atoms with Crippen LogP contribution < -0.4 is 4.74 Å². The van der Waals surface area contributed by atoms with E-state index in [4.69, 9.17) is 16.3 Å². The van der Waals surface area contributed by atoms with Crippen molar-refractivity contribution in [3.8, 4) is 17.1 Å². The monoisotopic (exact) mass is 432 g/mol. The first kappa shape index (κ1) is 19.4. The van der Waals surface area contributed by atoms with Crippen LogP contribution in [-0.4, -0.2) is 35.0 Å². The first-order valence-electron chi connectivity index (χ1n) is 8.65. The zero-order valence-electron chi connectivity index (χ0n) is 15.6. The van der Waals surface area contributed by atoms with Crippen molar-refractivity contribution in [3.05, 3.63) is 65.0 Å². The summed E-state index contributed by atoms with van der Waals surface area (Å²) >= 11 is 6.36. The first-order valence-corrected chi connectivity index (χ1v) is 10.5. The number of aromatic nitrogens is 2. The van der Waals surface area contributed by atoms with E-state index < -0.39 is 10.0 Å². The standard InChI is InChI=1S/C20H17ClN2O5S/c1-12-3-5-14(6-4-12)29(26,27)23-8-7-15(21)19(23)16-10-18(28-2)20-17(25)9-13(24)11-22(16)20/h3-10,25H,11H2,1-2H3. The van der Waals surface area contributed by atoms with Crippen molar-refractivity contribution < 1.29 is 23.1 Å². The molecule has 0 saturated heterocycles. The second-order valence-corrected chi connectivity index (χ2v) is 8.88. The fourth-order valence-corrected chi connectivity index (χ4v) is 5.03. The van der Waals surface area contributed by atoms with Crippen molar-refractivity contribution in [1.29, 1.82) is 0 Å². The van der Waals surface area contributed by atoms with Gasteiger partial charge in [0.2, 0.25) is 0 Å². The van der Waals surface area contributed by atoms with Gasteiger partial charge < -0.3 is 14.4 Å². The molecule has 1 aliphatic heterocycles. The van der Waals surface area contributed by atoms with E-state index in [0.29, 0.717) is 17.1 Å². The highest BCUT2D eigenvalue weighted by molar-refractivity contribution is 7.90. The second kappa shape index (κ2) is 6.82. The minimum absolute atomic E-state index is 0.0792. The summed E-state index contributed by atoms with van der Waals surface area (Å²) in [6.07, 6.45) is 2.48. The van der Waals surface area contributed by atoms with Gasteiger partial charge in [0, 0.05) is 18.3 Å². The van der Waals surface area contributed by atoms with E-state index in [9.17, 15) is 18.3 Å². The number of aliphatic hydroxyl groups excluding tert-OH is 1. The molecule has 7 nitrogen and oxygen atoms in total. The number of ketones is 1. The number of aliphatic hydroxyl groups is 1. The summed E-state index contributed by atoms with van der Waals surface area (Å²) in [5.41, 5.74) is 1.74. The third-order valence-electron chi connectivity index (χ3n) is 4.76. The maximum absolute atomic E-state index is 13.3. The lowest BCUT2D eigenvalue weighted by Gasteiger charge is -2.17. The van der Waals surface area contributed by atoms with Gasteiger partial charge in [-0.25, -0.2) is 12.4 Å². The number of aryl methyl sites for hydroxylation is 1. The van der Waals surface area contributed by atoms with Gasteiger partial charge in [-0.15, -0.1) is 0 Å². The fourth-order valence-electron chi connectivity index (χ4n) is 3.38. The molecule has 3 aromatic rings. The largest absolute Gasteiger partial charge is 0.505 e. The molecule has 0 bridgehead atoms. The first-order chi connectivity index (χ1) is 13.7. The smallest absolute Gasteiger partial charge is 0.268 e. The van der Waals surface area contributed by atoms with E-state index in [2.05, 4.69) is 0 Å². The molecule has 0 radical (unpaired) electrons. The summed E-state index contributed by atoms with van der Waals surface area (Å²) in [6.45, 7) is 1.79. The van der Waals surface area contributed by atoms with Crippen LogP contribution >= 0.6 is 11.6 Å². The maximum Gasteiger partial charge on any atom is 0.268 e. The molecular weight excluding hydrogens is 416 g/mol. The topological polar surface area (TPSA) is 90.5 Å². The lowest BCUT2D eigenvalue weighted by Crippen LogP contribution is -2.19. The van der Waals surface area contributed by atoms with E-state index >= 15 is 0 Å². The molecular formula is C20H17ClN2O5S. The number of carbonyl (C=O) groups excluding carboxylic acids is 1. The highest BCUT2D eigenvalue weighted by Gasteiger charge is 2.30.